The van der Waals surface area contributed by atoms with E-state index in [0.717, 1.165) is 5.56 Å². The Morgan fingerprint density at radius 3 is 2.42 bits per heavy atom. The van der Waals surface area contributed by atoms with Gasteiger partial charge in [0.05, 0.1) is 12.0 Å². The van der Waals surface area contributed by atoms with Crippen molar-refractivity contribution in [1.82, 2.24) is 10.2 Å². The molecule has 3 rings (SSSR count). The van der Waals surface area contributed by atoms with Crippen molar-refractivity contribution in [1.29, 1.82) is 0 Å². The van der Waals surface area contributed by atoms with E-state index in [9.17, 15) is 27.6 Å². The van der Waals surface area contributed by atoms with E-state index in [1.54, 1.807) is 11.0 Å². The third kappa shape index (κ3) is 5.42. The highest BCUT2D eigenvalue weighted by molar-refractivity contribution is 5.95. The average Bonchev–Trinajstić information content (AvgIpc) is 3.14. The normalized spacial score (nSPS) is 17.4. The molecule has 1 saturated heterocycles. The van der Waals surface area contributed by atoms with Gasteiger partial charge in [0.1, 0.15) is 0 Å². The Morgan fingerprint density at radius 1 is 1.10 bits per heavy atom. The Kier molecular flexibility index (Phi) is 6.62. The van der Waals surface area contributed by atoms with Crippen molar-refractivity contribution in [3.05, 3.63) is 65.7 Å². The van der Waals surface area contributed by atoms with Crippen molar-refractivity contribution in [2.24, 2.45) is 5.92 Å². The van der Waals surface area contributed by atoms with Crippen LogP contribution in [0.3, 0.4) is 0 Å². The molecule has 0 saturated carbocycles. The van der Waals surface area contributed by atoms with Gasteiger partial charge in [-0.3, -0.25) is 14.4 Å². The van der Waals surface area contributed by atoms with Crippen LogP contribution in [0, 0.1) is 5.92 Å². The van der Waals surface area contributed by atoms with Crippen LogP contribution in [0.1, 0.15) is 30.5 Å². The molecule has 0 aliphatic carbocycles. The maximum absolute atomic E-state index is 12.6. The molecule has 0 spiro atoms. The van der Waals surface area contributed by atoms with Gasteiger partial charge in [-0.25, -0.2) is 0 Å². The second-order valence-electron chi connectivity index (χ2n) is 7.36. The van der Waals surface area contributed by atoms with Gasteiger partial charge >= 0.3 is 12.1 Å². The lowest BCUT2D eigenvalue weighted by Crippen LogP contribution is -2.34. The molecule has 9 heteroatoms. The van der Waals surface area contributed by atoms with E-state index in [1.165, 1.54) is 18.2 Å². The second-order valence-corrected chi connectivity index (χ2v) is 7.36. The molecule has 1 aliphatic heterocycles. The number of rotatable bonds is 6. The van der Waals surface area contributed by atoms with Crippen LogP contribution in [0.15, 0.2) is 54.6 Å². The number of nitrogens with one attached hydrogen (secondary N) is 2. The SMILES string of the molecule is CC(c1ccccc1)N1CC(C(=O)NCc2ccccc2NC(=O)C(F)(F)F)CC1=O. The number of carbonyl (C=O) groups is 3. The molecule has 3 amide bonds. The first-order chi connectivity index (χ1) is 14.7. The largest absolute Gasteiger partial charge is 0.471 e. The fourth-order valence-electron chi connectivity index (χ4n) is 3.51. The smallest absolute Gasteiger partial charge is 0.352 e. The molecular weight excluding hydrogens is 411 g/mol. The highest BCUT2D eigenvalue weighted by atomic mass is 19.4. The Hall–Kier alpha value is -3.36. The molecule has 164 valence electrons. The van der Waals surface area contributed by atoms with Crippen LogP contribution < -0.4 is 10.6 Å². The van der Waals surface area contributed by atoms with Gasteiger partial charge < -0.3 is 15.5 Å². The number of anilines is 1. The minimum absolute atomic E-state index is 0.0352. The molecule has 31 heavy (non-hydrogen) atoms. The van der Waals surface area contributed by atoms with Crippen molar-refractivity contribution in [2.75, 3.05) is 11.9 Å². The van der Waals surface area contributed by atoms with E-state index in [4.69, 9.17) is 0 Å². The van der Waals surface area contributed by atoms with Crippen molar-refractivity contribution >= 4 is 23.4 Å². The summed E-state index contributed by atoms with van der Waals surface area (Å²) in [7, 11) is 0. The highest BCUT2D eigenvalue weighted by Crippen LogP contribution is 2.28. The summed E-state index contributed by atoms with van der Waals surface area (Å²) in [5.74, 6) is -3.14. The van der Waals surface area contributed by atoms with Crippen LogP contribution in [0.25, 0.3) is 0 Å². The van der Waals surface area contributed by atoms with E-state index in [-0.39, 0.29) is 43.1 Å². The standard InChI is InChI=1S/C22H22F3N3O3/c1-14(15-7-3-2-4-8-15)28-13-17(11-19(28)29)20(30)26-12-16-9-5-6-10-18(16)27-21(31)22(23,24)25/h2-10,14,17H,11-13H2,1H3,(H,26,30)(H,27,31). The predicted molar refractivity (Wildman–Crippen MR) is 108 cm³/mol. The van der Waals surface area contributed by atoms with Gasteiger partial charge in [0, 0.05) is 25.2 Å². The average molecular weight is 433 g/mol. The second kappa shape index (κ2) is 9.20. The fourth-order valence-corrected chi connectivity index (χ4v) is 3.51. The van der Waals surface area contributed by atoms with Crippen LogP contribution >= 0.6 is 0 Å². The summed E-state index contributed by atoms with van der Waals surface area (Å²) < 4.78 is 37.6. The monoisotopic (exact) mass is 433 g/mol. The molecule has 2 unspecified atom stereocenters. The molecule has 1 heterocycles. The zero-order valence-corrected chi connectivity index (χ0v) is 16.8. The van der Waals surface area contributed by atoms with Crippen LogP contribution in [0.5, 0.6) is 0 Å². The molecule has 2 atom stereocenters. The van der Waals surface area contributed by atoms with Gasteiger partial charge in [-0.05, 0) is 24.1 Å². The maximum atomic E-state index is 12.6. The first kappa shape index (κ1) is 22.3. The quantitative estimate of drug-likeness (QED) is 0.733. The van der Waals surface area contributed by atoms with Gasteiger partial charge in [-0.15, -0.1) is 0 Å². The fraction of sp³-hybridized carbons (Fsp3) is 0.318. The number of halogens is 3. The number of benzene rings is 2. The third-order valence-electron chi connectivity index (χ3n) is 5.25. The lowest BCUT2D eigenvalue weighted by atomic mass is 10.1. The summed E-state index contributed by atoms with van der Waals surface area (Å²) in [6.07, 6.45) is -4.95. The molecule has 2 N–H and O–H groups in total. The van der Waals surface area contributed by atoms with Crippen LogP contribution in [0.2, 0.25) is 0 Å². The van der Waals surface area contributed by atoms with Crippen LogP contribution in [0.4, 0.5) is 18.9 Å². The lowest BCUT2D eigenvalue weighted by Gasteiger charge is -2.25. The zero-order chi connectivity index (χ0) is 22.6. The molecule has 0 radical (unpaired) electrons. The summed E-state index contributed by atoms with van der Waals surface area (Å²) in [6, 6.07) is 15.2. The molecule has 0 aromatic heterocycles. The van der Waals surface area contributed by atoms with Gasteiger partial charge in [0.2, 0.25) is 11.8 Å². The Morgan fingerprint density at radius 2 is 1.74 bits per heavy atom. The zero-order valence-electron chi connectivity index (χ0n) is 16.8. The minimum atomic E-state index is -5.01. The highest BCUT2D eigenvalue weighted by Gasteiger charge is 2.39. The van der Waals surface area contributed by atoms with E-state index >= 15 is 0 Å². The number of hydrogen-bond acceptors (Lipinski definition) is 3. The van der Waals surface area contributed by atoms with E-state index < -0.39 is 18.0 Å². The van der Waals surface area contributed by atoms with Gasteiger partial charge in [0.25, 0.3) is 0 Å². The van der Waals surface area contributed by atoms with Crippen molar-refractivity contribution in [2.45, 2.75) is 32.1 Å². The molecule has 6 nitrogen and oxygen atoms in total. The Bertz CT molecular complexity index is 963. The van der Waals surface area contributed by atoms with Crippen molar-refractivity contribution < 1.29 is 27.6 Å². The number of likely N-dealkylation sites (tertiary alicyclic amines) is 1. The summed E-state index contributed by atoms with van der Waals surface area (Å²) in [4.78, 5) is 37.9. The number of alkyl halides is 3. The summed E-state index contributed by atoms with van der Waals surface area (Å²) >= 11 is 0. The van der Waals surface area contributed by atoms with Gasteiger partial charge in [-0.2, -0.15) is 13.2 Å². The molecular formula is C22H22F3N3O3. The molecule has 2 aromatic carbocycles. The van der Waals surface area contributed by atoms with E-state index in [0.29, 0.717) is 5.56 Å². The van der Waals surface area contributed by atoms with Crippen LogP contribution in [-0.4, -0.2) is 35.3 Å². The third-order valence-corrected chi connectivity index (χ3v) is 5.25. The van der Waals surface area contributed by atoms with Gasteiger partial charge in [0.15, 0.2) is 0 Å². The molecule has 1 aliphatic rings. The summed E-state index contributed by atoms with van der Waals surface area (Å²) in [5, 5.41) is 4.48. The molecule has 2 aromatic rings. The Labute approximate surface area is 177 Å². The Balaban J connectivity index is 1.61. The van der Waals surface area contributed by atoms with Gasteiger partial charge in [-0.1, -0.05) is 48.5 Å². The summed E-state index contributed by atoms with van der Waals surface area (Å²) in [5.41, 5.74) is 1.26. The summed E-state index contributed by atoms with van der Waals surface area (Å²) in [6.45, 7) is 2.08. The molecule has 0 bridgehead atoms. The van der Waals surface area contributed by atoms with Crippen LogP contribution in [-0.2, 0) is 20.9 Å². The van der Waals surface area contributed by atoms with Crippen molar-refractivity contribution in [3.63, 3.8) is 0 Å². The number of carbonyl (C=O) groups excluding carboxylic acids is 3. The topological polar surface area (TPSA) is 78.5 Å². The number of para-hydroxylation sites is 1. The minimum Gasteiger partial charge on any atom is -0.352 e. The first-order valence-corrected chi connectivity index (χ1v) is 9.75. The lowest BCUT2D eigenvalue weighted by molar-refractivity contribution is -0.167. The van der Waals surface area contributed by atoms with Crippen molar-refractivity contribution in [3.8, 4) is 0 Å². The van der Waals surface area contributed by atoms with E-state index in [2.05, 4.69) is 5.32 Å². The maximum Gasteiger partial charge on any atom is 0.471 e. The number of amides is 3. The first-order valence-electron chi connectivity index (χ1n) is 9.75. The van der Waals surface area contributed by atoms with E-state index in [1.807, 2.05) is 42.6 Å². The number of hydrogen-bond donors (Lipinski definition) is 2. The number of nitrogens with zero attached hydrogens (tertiary/aromatic N) is 1. The molecule has 1 fully saturated rings. The predicted octanol–water partition coefficient (Wildman–Crippen LogP) is 3.41.